The van der Waals surface area contributed by atoms with Crippen molar-refractivity contribution in [2.75, 3.05) is 13.7 Å². The molecule has 4 nitrogen and oxygen atoms in total. The number of ether oxygens (including phenoxy) is 2. The molecule has 0 radical (unpaired) electrons. The lowest BCUT2D eigenvalue weighted by molar-refractivity contribution is -0.0383. The van der Waals surface area contributed by atoms with Gasteiger partial charge >= 0.3 is 0 Å². The van der Waals surface area contributed by atoms with Gasteiger partial charge in [0.2, 0.25) is 0 Å². The molecule has 0 saturated carbocycles. The van der Waals surface area contributed by atoms with E-state index in [2.05, 4.69) is 46.9 Å². The van der Waals surface area contributed by atoms with E-state index in [1.807, 2.05) is 30.3 Å². The molecule has 0 amide bonds. The Kier molecular flexibility index (Phi) is 17.4. The zero-order valence-electron chi connectivity index (χ0n) is 25.2. The Labute approximate surface area is 230 Å². The van der Waals surface area contributed by atoms with Gasteiger partial charge in [0.05, 0.1) is 20.3 Å². The highest BCUT2D eigenvalue weighted by molar-refractivity contribution is 6.74. The number of methoxy groups -OCH3 is 1. The summed E-state index contributed by atoms with van der Waals surface area (Å²) in [6, 6.07) is 7.88. The van der Waals surface area contributed by atoms with Gasteiger partial charge in [-0.15, -0.1) is 0 Å². The zero-order chi connectivity index (χ0) is 27.6. The molecule has 0 heterocycles. The SMILES string of the molecule is CCCCCCCCCCCCC/C=C/[C@@H](OCc1ccc(OC)cc1)[C@H](O)CO[Si](C)(C)C(C)(C)C. The fraction of sp³-hybridized carbons (Fsp3) is 0.750. The molecule has 0 aromatic heterocycles. The van der Waals surface area contributed by atoms with Gasteiger partial charge in [-0.3, -0.25) is 0 Å². The summed E-state index contributed by atoms with van der Waals surface area (Å²) in [7, 11) is -0.269. The van der Waals surface area contributed by atoms with E-state index in [4.69, 9.17) is 13.9 Å². The third-order valence-electron chi connectivity index (χ3n) is 7.70. The normalized spacial score (nSPS) is 14.3. The highest BCUT2D eigenvalue weighted by atomic mass is 28.4. The van der Waals surface area contributed by atoms with Crippen molar-refractivity contribution < 1.29 is 19.0 Å². The molecule has 1 aromatic carbocycles. The largest absolute Gasteiger partial charge is 0.497 e. The molecule has 1 N–H and O–H groups in total. The van der Waals surface area contributed by atoms with Gasteiger partial charge in [-0.25, -0.2) is 0 Å². The first-order valence-electron chi connectivity index (χ1n) is 14.8. The number of benzene rings is 1. The Hall–Kier alpha value is -1.14. The van der Waals surface area contributed by atoms with E-state index >= 15 is 0 Å². The standard InChI is InChI=1S/C32H58O4Si/c1-8-9-10-11-12-13-14-15-16-17-18-19-20-21-31(30(33)27-36-37(6,7)32(2,3)4)35-26-28-22-24-29(34-5)25-23-28/h20-25,30-31,33H,8-19,26-27H2,1-7H3/b21-20+/t30-,31-/m1/s1. The molecule has 5 heteroatoms. The molecule has 2 atom stereocenters. The molecule has 0 bridgehead atoms. The van der Waals surface area contributed by atoms with E-state index in [-0.39, 0.29) is 11.1 Å². The van der Waals surface area contributed by atoms with Crippen LogP contribution >= 0.6 is 0 Å². The molecular weight excluding hydrogens is 476 g/mol. The van der Waals surface area contributed by atoms with Crippen LogP contribution in [0.3, 0.4) is 0 Å². The van der Waals surface area contributed by atoms with Gasteiger partial charge in [-0.1, -0.05) is 116 Å². The quantitative estimate of drug-likeness (QED) is 0.0970. The van der Waals surface area contributed by atoms with E-state index in [1.165, 1.54) is 70.6 Å². The summed E-state index contributed by atoms with van der Waals surface area (Å²) < 4.78 is 17.7. The van der Waals surface area contributed by atoms with Gasteiger partial charge in [-0.05, 0) is 48.7 Å². The predicted octanol–water partition coefficient (Wildman–Crippen LogP) is 9.22. The van der Waals surface area contributed by atoms with Crippen molar-refractivity contribution >= 4 is 8.32 Å². The molecular formula is C32H58O4Si. The van der Waals surface area contributed by atoms with Crippen LogP contribution in [0.2, 0.25) is 18.1 Å². The van der Waals surface area contributed by atoms with E-state index in [0.29, 0.717) is 13.2 Å². The number of aliphatic hydroxyl groups excluding tert-OH is 1. The number of unbranched alkanes of at least 4 members (excludes halogenated alkanes) is 11. The van der Waals surface area contributed by atoms with Gasteiger partial charge in [0.15, 0.2) is 8.32 Å². The summed E-state index contributed by atoms with van der Waals surface area (Å²) in [5, 5.41) is 11.1. The van der Waals surface area contributed by atoms with Gasteiger partial charge < -0.3 is 19.0 Å². The Morgan fingerprint density at radius 1 is 0.865 bits per heavy atom. The van der Waals surface area contributed by atoms with Crippen molar-refractivity contribution in [1.82, 2.24) is 0 Å². The van der Waals surface area contributed by atoms with Crippen molar-refractivity contribution in [3.63, 3.8) is 0 Å². The maximum absolute atomic E-state index is 11.0. The number of aliphatic hydroxyl groups is 1. The number of hydrogen-bond acceptors (Lipinski definition) is 4. The lowest BCUT2D eigenvalue weighted by atomic mass is 10.0. The van der Waals surface area contributed by atoms with Crippen LogP contribution in [0.1, 0.15) is 110 Å². The average Bonchev–Trinajstić information content (AvgIpc) is 2.86. The summed E-state index contributed by atoms with van der Waals surface area (Å²) in [6.07, 6.45) is 19.0. The van der Waals surface area contributed by atoms with Crippen LogP contribution in [0.15, 0.2) is 36.4 Å². The molecule has 0 aliphatic carbocycles. The monoisotopic (exact) mass is 534 g/mol. The maximum atomic E-state index is 11.0. The minimum atomic E-state index is -1.94. The van der Waals surface area contributed by atoms with E-state index in [9.17, 15) is 5.11 Å². The molecule has 1 aromatic rings. The first-order chi connectivity index (χ1) is 17.6. The van der Waals surface area contributed by atoms with Gasteiger partial charge in [0.25, 0.3) is 0 Å². The summed E-state index contributed by atoms with van der Waals surface area (Å²) in [4.78, 5) is 0. The zero-order valence-corrected chi connectivity index (χ0v) is 26.2. The van der Waals surface area contributed by atoms with Crippen LogP contribution in [-0.2, 0) is 15.8 Å². The van der Waals surface area contributed by atoms with Gasteiger partial charge in [0, 0.05) is 0 Å². The van der Waals surface area contributed by atoms with Gasteiger partial charge in [0.1, 0.15) is 18.0 Å². The molecule has 0 saturated heterocycles. The second kappa shape index (κ2) is 19.0. The number of rotatable bonds is 21. The molecule has 0 spiro atoms. The first-order valence-corrected chi connectivity index (χ1v) is 17.7. The molecule has 0 aliphatic heterocycles. The minimum Gasteiger partial charge on any atom is -0.497 e. The van der Waals surface area contributed by atoms with Gasteiger partial charge in [-0.2, -0.15) is 0 Å². The van der Waals surface area contributed by atoms with Crippen molar-refractivity contribution in [3.05, 3.63) is 42.0 Å². The van der Waals surface area contributed by atoms with E-state index in [0.717, 1.165) is 17.7 Å². The number of allylic oxidation sites excluding steroid dienone is 1. The lowest BCUT2D eigenvalue weighted by Crippen LogP contribution is -2.44. The van der Waals surface area contributed by atoms with Crippen LogP contribution < -0.4 is 4.74 Å². The summed E-state index contributed by atoms with van der Waals surface area (Å²) in [5.41, 5.74) is 1.06. The maximum Gasteiger partial charge on any atom is 0.192 e. The average molecular weight is 535 g/mol. The van der Waals surface area contributed by atoms with Crippen molar-refractivity contribution in [2.24, 2.45) is 0 Å². The topological polar surface area (TPSA) is 47.9 Å². The van der Waals surface area contributed by atoms with Crippen LogP contribution in [-0.4, -0.2) is 39.3 Å². The summed E-state index contributed by atoms with van der Waals surface area (Å²) in [6.45, 7) is 14.1. The Morgan fingerprint density at radius 3 is 1.92 bits per heavy atom. The second-order valence-electron chi connectivity index (χ2n) is 12.0. The third-order valence-corrected chi connectivity index (χ3v) is 12.2. The highest BCUT2D eigenvalue weighted by Gasteiger charge is 2.38. The highest BCUT2D eigenvalue weighted by Crippen LogP contribution is 2.36. The molecule has 37 heavy (non-hydrogen) atoms. The smallest absolute Gasteiger partial charge is 0.192 e. The van der Waals surface area contributed by atoms with Crippen LogP contribution in [0.25, 0.3) is 0 Å². The molecule has 0 fully saturated rings. The van der Waals surface area contributed by atoms with Crippen LogP contribution in [0, 0.1) is 0 Å². The van der Waals surface area contributed by atoms with E-state index < -0.39 is 14.4 Å². The molecule has 0 unspecified atom stereocenters. The van der Waals surface area contributed by atoms with Crippen LogP contribution in [0.4, 0.5) is 0 Å². The van der Waals surface area contributed by atoms with Crippen molar-refractivity contribution in [1.29, 1.82) is 0 Å². The summed E-state index contributed by atoms with van der Waals surface area (Å²) >= 11 is 0. The Morgan fingerprint density at radius 2 is 1.41 bits per heavy atom. The number of hydrogen-bond donors (Lipinski definition) is 1. The fourth-order valence-electron chi connectivity index (χ4n) is 3.97. The molecule has 0 aliphatic rings. The first kappa shape index (κ1) is 33.9. The van der Waals surface area contributed by atoms with Crippen molar-refractivity contribution in [2.45, 2.75) is 142 Å². The predicted molar refractivity (Wildman–Crippen MR) is 161 cm³/mol. The van der Waals surface area contributed by atoms with Crippen LogP contribution in [0.5, 0.6) is 5.75 Å². The lowest BCUT2D eigenvalue weighted by Gasteiger charge is -2.37. The third kappa shape index (κ3) is 15.1. The molecule has 1 rings (SSSR count). The fourth-order valence-corrected chi connectivity index (χ4v) is 4.99. The Bertz CT molecular complexity index is 708. The van der Waals surface area contributed by atoms with Crippen molar-refractivity contribution in [3.8, 4) is 5.75 Å². The molecule has 214 valence electrons. The van der Waals surface area contributed by atoms with E-state index in [1.54, 1.807) is 7.11 Å². The minimum absolute atomic E-state index is 0.108. The second-order valence-corrected chi connectivity index (χ2v) is 16.8. The Balaban J connectivity index is 2.47. The summed E-state index contributed by atoms with van der Waals surface area (Å²) in [5.74, 6) is 0.829.